The van der Waals surface area contributed by atoms with E-state index in [4.69, 9.17) is 5.26 Å². The Balaban J connectivity index is 1.50. The molecule has 6 nitrogen and oxygen atoms in total. The summed E-state index contributed by atoms with van der Waals surface area (Å²) in [5.41, 5.74) is 2.47. The zero-order chi connectivity index (χ0) is 22.3. The number of fused-ring (bicyclic) bond motifs is 3. The summed E-state index contributed by atoms with van der Waals surface area (Å²) in [6, 6.07) is 23.2. The molecule has 5 rings (SSSR count). The summed E-state index contributed by atoms with van der Waals surface area (Å²) < 4.78 is 30.8. The number of aliphatic hydroxyl groups is 1. The third-order valence-electron chi connectivity index (χ3n) is 6.37. The normalized spacial score (nSPS) is 21.6. The molecule has 2 N–H and O–H groups in total. The van der Waals surface area contributed by atoms with E-state index in [0.717, 1.165) is 34.6 Å². The maximum absolute atomic E-state index is 13.0. The van der Waals surface area contributed by atoms with E-state index in [-0.39, 0.29) is 10.9 Å². The molecule has 0 bridgehead atoms. The highest BCUT2D eigenvalue weighted by atomic mass is 32.2. The summed E-state index contributed by atoms with van der Waals surface area (Å²) in [5, 5.41) is 22.5. The van der Waals surface area contributed by atoms with Crippen molar-refractivity contribution in [1.82, 2.24) is 9.29 Å². The van der Waals surface area contributed by atoms with Crippen LogP contribution in [-0.4, -0.2) is 30.2 Å². The van der Waals surface area contributed by atoms with Gasteiger partial charge in [0.15, 0.2) is 0 Å². The lowest BCUT2D eigenvalue weighted by atomic mass is 9.88. The third kappa shape index (κ3) is 3.47. The van der Waals surface area contributed by atoms with Crippen LogP contribution in [0.15, 0.2) is 77.7 Å². The molecule has 1 fully saturated rings. The van der Waals surface area contributed by atoms with Gasteiger partial charge >= 0.3 is 0 Å². The van der Waals surface area contributed by atoms with Gasteiger partial charge in [0, 0.05) is 21.8 Å². The molecule has 0 radical (unpaired) electrons. The van der Waals surface area contributed by atoms with Crippen LogP contribution in [0, 0.1) is 11.3 Å². The SMILES string of the molecule is N#Cc1ccc(S(=O)(=O)N[C@@H]2CCCC(n3c4ccccc4c4ccccc43)[C@H]2O)cc1. The molecule has 3 atom stereocenters. The third-order valence-corrected chi connectivity index (χ3v) is 7.88. The smallest absolute Gasteiger partial charge is 0.240 e. The average Bonchev–Trinajstić information content (AvgIpc) is 3.15. The van der Waals surface area contributed by atoms with Crippen molar-refractivity contribution >= 4 is 31.8 Å². The molecule has 162 valence electrons. The first kappa shape index (κ1) is 20.7. The van der Waals surface area contributed by atoms with Crippen LogP contribution >= 0.6 is 0 Å². The van der Waals surface area contributed by atoms with Gasteiger partial charge in [-0.25, -0.2) is 13.1 Å². The molecule has 1 saturated carbocycles. The maximum atomic E-state index is 13.0. The topological polar surface area (TPSA) is 95.1 Å². The van der Waals surface area contributed by atoms with Gasteiger partial charge in [-0.2, -0.15) is 5.26 Å². The van der Waals surface area contributed by atoms with Crippen molar-refractivity contribution in [1.29, 1.82) is 5.26 Å². The molecular weight excluding hydrogens is 422 g/mol. The molecule has 1 aromatic heterocycles. The molecule has 0 spiro atoms. The minimum atomic E-state index is -3.82. The van der Waals surface area contributed by atoms with Gasteiger partial charge in [-0.3, -0.25) is 0 Å². The molecule has 0 aliphatic heterocycles. The average molecular weight is 446 g/mol. The van der Waals surface area contributed by atoms with Gasteiger partial charge in [-0.15, -0.1) is 0 Å². The summed E-state index contributed by atoms with van der Waals surface area (Å²) in [7, 11) is -3.82. The molecular formula is C25H23N3O3S. The molecule has 1 unspecified atom stereocenters. The van der Waals surface area contributed by atoms with E-state index < -0.39 is 22.2 Å². The summed E-state index contributed by atoms with van der Waals surface area (Å²) in [6.07, 6.45) is 1.24. The van der Waals surface area contributed by atoms with Crippen molar-refractivity contribution in [3.63, 3.8) is 0 Å². The van der Waals surface area contributed by atoms with E-state index in [1.807, 2.05) is 42.5 Å². The Hall–Kier alpha value is -3.18. The van der Waals surface area contributed by atoms with E-state index >= 15 is 0 Å². The van der Waals surface area contributed by atoms with Gasteiger partial charge in [-0.05, 0) is 55.7 Å². The Labute approximate surface area is 186 Å². The number of aliphatic hydroxyl groups excluding tert-OH is 1. The number of hydrogen-bond donors (Lipinski definition) is 2. The van der Waals surface area contributed by atoms with Gasteiger partial charge in [0.05, 0.1) is 34.7 Å². The van der Waals surface area contributed by atoms with E-state index in [1.54, 1.807) is 0 Å². The summed E-state index contributed by atoms with van der Waals surface area (Å²) in [5.74, 6) is 0. The van der Waals surface area contributed by atoms with Gasteiger partial charge in [0.2, 0.25) is 10.0 Å². The van der Waals surface area contributed by atoms with Crippen LogP contribution in [-0.2, 0) is 10.0 Å². The minimum Gasteiger partial charge on any atom is -0.389 e. The van der Waals surface area contributed by atoms with Crippen LogP contribution in [0.4, 0.5) is 0 Å². The van der Waals surface area contributed by atoms with Crippen molar-refractivity contribution in [2.45, 2.75) is 42.3 Å². The van der Waals surface area contributed by atoms with E-state index in [0.29, 0.717) is 12.0 Å². The fraction of sp³-hybridized carbons (Fsp3) is 0.240. The number of para-hydroxylation sites is 2. The number of nitriles is 1. The molecule has 0 amide bonds. The highest BCUT2D eigenvalue weighted by Gasteiger charge is 2.36. The lowest BCUT2D eigenvalue weighted by Crippen LogP contribution is -2.49. The highest BCUT2D eigenvalue weighted by molar-refractivity contribution is 7.89. The number of nitrogens with zero attached hydrogens (tertiary/aromatic N) is 2. The highest BCUT2D eigenvalue weighted by Crippen LogP contribution is 2.38. The largest absolute Gasteiger partial charge is 0.389 e. The second-order valence-electron chi connectivity index (χ2n) is 8.26. The van der Waals surface area contributed by atoms with Gasteiger partial charge < -0.3 is 9.67 Å². The summed E-state index contributed by atoms with van der Waals surface area (Å²) >= 11 is 0. The number of benzene rings is 3. The monoisotopic (exact) mass is 445 g/mol. The predicted octanol–water partition coefficient (Wildman–Crippen LogP) is 4.10. The first-order valence-corrected chi connectivity index (χ1v) is 12.2. The zero-order valence-electron chi connectivity index (χ0n) is 17.3. The van der Waals surface area contributed by atoms with Crippen molar-refractivity contribution < 1.29 is 13.5 Å². The van der Waals surface area contributed by atoms with Crippen LogP contribution in [0.1, 0.15) is 30.9 Å². The molecule has 1 aliphatic carbocycles. The lowest BCUT2D eigenvalue weighted by molar-refractivity contribution is 0.0547. The van der Waals surface area contributed by atoms with Crippen molar-refractivity contribution in [2.75, 3.05) is 0 Å². The zero-order valence-corrected chi connectivity index (χ0v) is 18.2. The van der Waals surface area contributed by atoms with E-state index in [2.05, 4.69) is 21.4 Å². The Morgan fingerprint density at radius 2 is 1.50 bits per heavy atom. The standard InChI is InChI=1S/C25H23N3O3S/c26-16-17-12-14-18(15-13-17)32(30,31)27-21-8-5-11-24(25(21)29)28-22-9-3-1-6-19(22)20-7-2-4-10-23(20)28/h1-4,6-7,9-10,12-15,21,24-25,27,29H,5,8,11H2/t21-,24?,25+/m1/s1. The number of aromatic nitrogens is 1. The fourth-order valence-corrected chi connectivity index (χ4v) is 6.14. The number of rotatable bonds is 4. The summed E-state index contributed by atoms with van der Waals surface area (Å²) in [4.78, 5) is 0.0858. The Bertz CT molecular complexity index is 1380. The van der Waals surface area contributed by atoms with Gasteiger partial charge in [-0.1, -0.05) is 36.4 Å². The molecule has 7 heteroatoms. The molecule has 3 aromatic carbocycles. The van der Waals surface area contributed by atoms with Crippen LogP contribution in [0.2, 0.25) is 0 Å². The van der Waals surface area contributed by atoms with E-state index in [1.165, 1.54) is 24.3 Å². The van der Waals surface area contributed by atoms with Crippen molar-refractivity contribution in [2.24, 2.45) is 0 Å². The van der Waals surface area contributed by atoms with Crippen LogP contribution in [0.3, 0.4) is 0 Å². The number of nitrogens with one attached hydrogen (secondary N) is 1. The van der Waals surface area contributed by atoms with Crippen LogP contribution < -0.4 is 4.72 Å². The Morgan fingerprint density at radius 3 is 2.09 bits per heavy atom. The Morgan fingerprint density at radius 1 is 0.906 bits per heavy atom. The van der Waals surface area contributed by atoms with Gasteiger partial charge in [0.1, 0.15) is 0 Å². The first-order valence-electron chi connectivity index (χ1n) is 10.7. The minimum absolute atomic E-state index is 0.0858. The second-order valence-corrected chi connectivity index (χ2v) is 9.97. The molecule has 4 aromatic rings. The maximum Gasteiger partial charge on any atom is 0.240 e. The lowest BCUT2D eigenvalue weighted by Gasteiger charge is -2.36. The molecule has 32 heavy (non-hydrogen) atoms. The quantitative estimate of drug-likeness (QED) is 0.494. The fourth-order valence-electron chi connectivity index (χ4n) is 4.85. The number of hydrogen-bond acceptors (Lipinski definition) is 4. The van der Waals surface area contributed by atoms with Crippen molar-refractivity contribution in [3.05, 3.63) is 78.4 Å². The molecule has 1 heterocycles. The van der Waals surface area contributed by atoms with Crippen LogP contribution in [0.5, 0.6) is 0 Å². The van der Waals surface area contributed by atoms with E-state index in [9.17, 15) is 13.5 Å². The molecule has 0 saturated heterocycles. The van der Waals surface area contributed by atoms with Crippen molar-refractivity contribution in [3.8, 4) is 6.07 Å². The van der Waals surface area contributed by atoms with Crippen LogP contribution in [0.25, 0.3) is 21.8 Å². The number of sulfonamides is 1. The van der Waals surface area contributed by atoms with Gasteiger partial charge in [0.25, 0.3) is 0 Å². The first-order chi connectivity index (χ1) is 15.5. The predicted molar refractivity (Wildman–Crippen MR) is 124 cm³/mol. The Kier molecular flexibility index (Phi) is 5.22. The molecule has 1 aliphatic rings. The summed E-state index contributed by atoms with van der Waals surface area (Å²) in [6.45, 7) is 0. The second kappa shape index (κ2) is 8.06.